The van der Waals surface area contributed by atoms with Crippen LogP contribution in [0.5, 0.6) is 5.75 Å². The summed E-state index contributed by atoms with van der Waals surface area (Å²) in [5.41, 5.74) is 2.04. The van der Waals surface area contributed by atoms with E-state index in [1.54, 1.807) is 12.1 Å². The lowest BCUT2D eigenvalue weighted by atomic mass is 10.1. The Kier molecular flexibility index (Phi) is 9.19. The van der Waals surface area contributed by atoms with Crippen LogP contribution in [-0.4, -0.2) is 48.1 Å². The molecule has 5 N–H and O–H groups in total. The fourth-order valence-corrected chi connectivity index (χ4v) is 3.11. The van der Waals surface area contributed by atoms with Crippen LogP contribution in [0.15, 0.2) is 78.9 Å². The largest absolute Gasteiger partial charge is 0.491 e. The van der Waals surface area contributed by atoms with Crippen molar-refractivity contribution in [2.75, 3.05) is 30.4 Å². The summed E-state index contributed by atoms with van der Waals surface area (Å²) in [6.45, 7) is 0.336. The van der Waals surface area contributed by atoms with Crippen LogP contribution < -0.4 is 20.7 Å². The minimum atomic E-state index is -0.717. The smallest absolute Gasteiger partial charge is 0.323 e. The molecule has 0 radical (unpaired) electrons. The van der Waals surface area contributed by atoms with Gasteiger partial charge >= 0.3 is 6.03 Å². The maximum absolute atomic E-state index is 12.9. The highest BCUT2D eigenvalue weighted by Crippen LogP contribution is 2.13. The third kappa shape index (κ3) is 8.53. The third-order valence-corrected chi connectivity index (χ3v) is 4.84. The second-order valence-electron chi connectivity index (χ2n) is 7.55. The van der Waals surface area contributed by atoms with Crippen molar-refractivity contribution in [3.05, 3.63) is 90.2 Å². The lowest BCUT2D eigenvalue weighted by Crippen LogP contribution is -2.41. The van der Waals surface area contributed by atoms with Crippen LogP contribution in [0.25, 0.3) is 0 Å². The summed E-state index contributed by atoms with van der Waals surface area (Å²) < 4.78 is 18.5. The van der Waals surface area contributed by atoms with Crippen molar-refractivity contribution >= 4 is 17.4 Å². The van der Waals surface area contributed by atoms with Gasteiger partial charge in [0, 0.05) is 24.0 Å². The van der Waals surface area contributed by atoms with Crippen LogP contribution in [0.1, 0.15) is 5.56 Å². The number of carbonyl (C=O) groups is 1. The van der Waals surface area contributed by atoms with Crippen molar-refractivity contribution in [3.8, 4) is 5.75 Å². The van der Waals surface area contributed by atoms with Crippen molar-refractivity contribution in [2.45, 2.75) is 18.6 Å². The zero-order valence-corrected chi connectivity index (χ0v) is 18.1. The van der Waals surface area contributed by atoms with Gasteiger partial charge in [0.2, 0.25) is 0 Å². The average molecular weight is 454 g/mol. The molecule has 0 saturated carbocycles. The molecule has 0 fully saturated rings. The number of para-hydroxylation sites is 1. The van der Waals surface area contributed by atoms with E-state index in [0.717, 1.165) is 5.56 Å². The first kappa shape index (κ1) is 24.2. The molecule has 0 aromatic heterocycles. The quantitative estimate of drug-likeness (QED) is 0.306. The molecule has 0 aliphatic rings. The number of halogens is 1. The Hall–Kier alpha value is -3.46. The topological polar surface area (TPSA) is 103 Å². The van der Waals surface area contributed by atoms with E-state index in [9.17, 15) is 19.4 Å². The standard InChI is InChI=1S/C25H28FN3O4/c26-19-8-12-21(13-9-19)29-25(32)28-20-10-6-18(7-11-20)14-22(16-30)27-15-23(31)17-33-24-4-2-1-3-5-24/h1-13,22-23,27,30-31H,14-17H2,(H2,28,29,32)/t22-,23-/m0/s1. The third-order valence-electron chi connectivity index (χ3n) is 4.84. The molecule has 174 valence electrons. The number of hydrogen-bond acceptors (Lipinski definition) is 5. The van der Waals surface area contributed by atoms with Gasteiger partial charge in [0.1, 0.15) is 24.3 Å². The molecule has 7 nitrogen and oxygen atoms in total. The summed E-state index contributed by atoms with van der Waals surface area (Å²) >= 11 is 0. The molecule has 0 spiro atoms. The molecule has 3 aromatic carbocycles. The molecular formula is C25H28FN3O4. The first-order valence-corrected chi connectivity index (χ1v) is 10.6. The van der Waals surface area contributed by atoms with Crippen molar-refractivity contribution in [3.63, 3.8) is 0 Å². The molecule has 0 aliphatic heterocycles. The van der Waals surface area contributed by atoms with Crippen molar-refractivity contribution in [1.82, 2.24) is 5.32 Å². The summed E-state index contributed by atoms with van der Waals surface area (Å²) in [5.74, 6) is 0.317. The monoisotopic (exact) mass is 453 g/mol. The number of anilines is 2. The van der Waals surface area contributed by atoms with Gasteiger partial charge in [0.15, 0.2) is 0 Å². The summed E-state index contributed by atoms with van der Waals surface area (Å²) in [4.78, 5) is 12.1. The first-order chi connectivity index (χ1) is 16.0. The number of aliphatic hydroxyl groups is 2. The van der Waals surface area contributed by atoms with E-state index in [-0.39, 0.29) is 31.6 Å². The van der Waals surface area contributed by atoms with Crippen LogP contribution in [0.3, 0.4) is 0 Å². The number of nitrogens with one attached hydrogen (secondary N) is 3. The van der Waals surface area contributed by atoms with Gasteiger partial charge in [-0.05, 0) is 60.5 Å². The highest BCUT2D eigenvalue weighted by molar-refractivity contribution is 5.99. The highest BCUT2D eigenvalue weighted by Gasteiger charge is 2.12. The molecule has 33 heavy (non-hydrogen) atoms. The second-order valence-corrected chi connectivity index (χ2v) is 7.55. The highest BCUT2D eigenvalue weighted by atomic mass is 19.1. The first-order valence-electron chi connectivity index (χ1n) is 10.6. The normalized spacial score (nSPS) is 12.6. The van der Waals surface area contributed by atoms with E-state index >= 15 is 0 Å². The molecule has 8 heteroatoms. The number of amides is 2. The number of ether oxygens (including phenoxy) is 1. The lowest BCUT2D eigenvalue weighted by Gasteiger charge is -2.19. The van der Waals surface area contributed by atoms with Crippen LogP contribution in [0.2, 0.25) is 0 Å². The summed E-state index contributed by atoms with van der Waals surface area (Å²) in [6, 6.07) is 21.3. The Labute approximate surface area is 192 Å². The summed E-state index contributed by atoms with van der Waals surface area (Å²) in [6.07, 6.45) is -0.171. The molecule has 2 amide bonds. The Balaban J connectivity index is 1.41. The average Bonchev–Trinajstić information content (AvgIpc) is 2.83. The van der Waals surface area contributed by atoms with Gasteiger partial charge in [-0.1, -0.05) is 30.3 Å². The number of benzene rings is 3. The van der Waals surface area contributed by atoms with Crippen molar-refractivity contribution in [1.29, 1.82) is 0 Å². The predicted molar refractivity (Wildman–Crippen MR) is 126 cm³/mol. The van der Waals surface area contributed by atoms with E-state index in [1.807, 2.05) is 42.5 Å². The van der Waals surface area contributed by atoms with Crippen molar-refractivity contribution < 1.29 is 24.1 Å². The van der Waals surface area contributed by atoms with E-state index in [2.05, 4.69) is 16.0 Å². The molecule has 3 rings (SSSR count). The fourth-order valence-electron chi connectivity index (χ4n) is 3.11. The molecule has 3 aromatic rings. The van der Waals surface area contributed by atoms with E-state index in [0.29, 0.717) is 23.5 Å². The van der Waals surface area contributed by atoms with E-state index < -0.39 is 12.1 Å². The van der Waals surface area contributed by atoms with Gasteiger partial charge in [-0.2, -0.15) is 0 Å². The van der Waals surface area contributed by atoms with Gasteiger partial charge < -0.3 is 30.9 Å². The predicted octanol–water partition coefficient (Wildman–Crippen LogP) is 3.40. The number of aliphatic hydroxyl groups excluding tert-OH is 2. The van der Waals surface area contributed by atoms with Crippen LogP contribution >= 0.6 is 0 Å². The fraction of sp³-hybridized carbons (Fsp3) is 0.240. The van der Waals surface area contributed by atoms with E-state index in [4.69, 9.17) is 4.74 Å². The maximum Gasteiger partial charge on any atom is 0.323 e. The van der Waals surface area contributed by atoms with Gasteiger partial charge in [-0.25, -0.2) is 9.18 Å². The number of hydrogen-bond donors (Lipinski definition) is 5. The molecule has 0 aliphatic carbocycles. The van der Waals surface area contributed by atoms with Crippen LogP contribution in [0, 0.1) is 5.82 Å². The Bertz CT molecular complexity index is 985. The van der Waals surface area contributed by atoms with Gasteiger partial charge in [-0.15, -0.1) is 0 Å². The Morgan fingerprint density at radius 1 is 0.909 bits per heavy atom. The van der Waals surface area contributed by atoms with Gasteiger partial charge in [-0.3, -0.25) is 0 Å². The zero-order chi connectivity index (χ0) is 23.5. The maximum atomic E-state index is 12.9. The summed E-state index contributed by atoms with van der Waals surface area (Å²) in [7, 11) is 0. The Morgan fingerprint density at radius 2 is 1.52 bits per heavy atom. The van der Waals surface area contributed by atoms with Gasteiger partial charge in [0.05, 0.1) is 6.61 Å². The number of carbonyl (C=O) groups excluding carboxylic acids is 1. The molecule has 0 bridgehead atoms. The molecule has 0 saturated heterocycles. The minimum Gasteiger partial charge on any atom is -0.491 e. The zero-order valence-electron chi connectivity index (χ0n) is 18.1. The second kappa shape index (κ2) is 12.5. The number of urea groups is 1. The van der Waals surface area contributed by atoms with Gasteiger partial charge in [0.25, 0.3) is 0 Å². The van der Waals surface area contributed by atoms with Crippen molar-refractivity contribution in [2.24, 2.45) is 0 Å². The van der Waals surface area contributed by atoms with E-state index in [1.165, 1.54) is 24.3 Å². The molecule has 2 atom stereocenters. The molecule has 0 unspecified atom stereocenters. The SMILES string of the molecule is O=C(Nc1ccc(F)cc1)Nc1ccc(C[C@@H](CO)NC[C@H](O)COc2ccccc2)cc1. The van der Waals surface area contributed by atoms with Crippen LogP contribution in [-0.2, 0) is 6.42 Å². The lowest BCUT2D eigenvalue weighted by molar-refractivity contribution is 0.0997. The minimum absolute atomic E-state index is 0.0909. The summed E-state index contributed by atoms with van der Waals surface area (Å²) in [5, 5.41) is 28.3. The molecule has 0 heterocycles. The molecular weight excluding hydrogens is 425 g/mol. The van der Waals surface area contributed by atoms with Crippen LogP contribution in [0.4, 0.5) is 20.6 Å². The number of rotatable bonds is 11. The Morgan fingerprint density at radius 3 is 2.12 bits per heavy atom.